The predicted molar refractivity (Wildman–Crippen MR) is 435 cm³/mol. The first-order valence-corrected chi connectivity index (χ1v) is 35.3. The Bertz CT molecular complexity index is 5520. The molecule has 0 aliphatic carbocycles. The first-order valence-electron chi connectivity index (χ1n) is 35.3. The van der Waals surface area contributed by atoms with Gasteiger partial charge in [-0.05, 0) is 133 Å². The Kier molecular flexibility index (Phi) is 53.0. The molecule has 7 heterocycles. The van der Waals surface area contributed by atoms with E-state index in [0.717, 1.165) is 105 Å². The van der Waals surface area contributed by atoms with Gasteiger partial charge in [-0.15, -0.1) is 162 Å². The predicted octanol–water partition coefficient (Wildman–Crippen LogP) is 23.8. The second-order valence-electron chi connectivity index (χ2n) is 23.8. The number of hydrogen-bond donors (Lipinski definition) is 1. The minimum atomic E-state index is -0.694. The number of anilines is 3. The van der Waals surface area contributed by atoms with E-state index in [0.29, 0.717) is 22.8 Å². The first kappa shape index (κ1) is 109. The molecule has 0 unspecified atom stereocenters. The van der Waals surface area contributed by atoms with Crippen LogP contribution in [-0.2, 0) is 125 Å². The van der Waals surface area contributed by atoms with Gasteiger partial charge in [-0.1, -0.05) is 108 Å². The third-order valence-electron chi connectivity index (χ3n) is 15.1. The average Bonchev–Trinajstić information content (AvgIpc) is 0.803. The molecule has 0 aliphatic heterocycles. The number of aliphatic hydroxyl groups is 1. The molecule has 0 spiro atoms. The molecule has 0 aliphatic rings. The fraction of sp³-hybridized carbons (Fsp3) is 0.0417. The molecule has 0 atom stereocenters. The van der Waals surface area contributed by atoms with E-state index in [9.17, 15) is 48.7 Å². The molecular formula is C96H69F10Ir6N8O4-7. The zero-order valence-electron chi connectivity index (χ0n) is 65.4. The van der Waals surface area contributed by atoms with Gasteiger partial charge >= 0.3 is 0 Å². The number of pyridine rings is 7. The Hall–Kier alpha value is -11.2. The van der Waals surface area contributed by atoms with Crippen LogP contribution < -0.4 is 14.4 Å². The summed E-state index contributed by atoms with van der Waals surface area (Å²) in [4.78, 5) is 40.7. The van der Waals surface area contributed by atoms with Crippen LogP contribution in [0.25, 0.3) is 67.5 Å². The molecule has 9 aromatic carbocycles. The molecule has 0 saturated carbocycles. The number of carbonyl (C=O) groups excluding carboxylic acids is 1. The van der Waals surface area contributed by atoms with Gasteiger partial charge in [0.25, 0.3) is 0 Å². The van der Waals surface area contributed by atoms with Crippen LogP contribution in [0.1, 0.15) is 13.8 Å². The van der Waals surface area contributed by atoms with Crippen LogP contribution in [0, 0.1) is 101 Å². The average molecular weight is 2740 g/mol. The molecule has 0 fully saturated rings. The minimum absolute atomic E-state index is 0. The molecule has 648 valence electrons. The summed E-state index contributed by atoms with van der Waals surface area (Å²) in [5.41, 5.74) is 10.4. The third-order valence-corrected chi connectivity index (χ3v) is 15.1. The van der Waals surface area contributed by atoms with E-state index in [2.05, 4.69) is 107 Å². The Morgan fingerprint density at radius 1 is 0.315 bits per heavy atom. The number of aromatic nitrogens is 7. The summed E-state index contributed by atoms with van der Waals surface area (Å²) in [6.07, 6.45) is 14.5. The Morgan fingerprint density at radius 2 is 0.637 bits per heavy atom. The molecule has 124 heavy (non-hydrogen) atoms. The second-order valence-corrected chi connectivity index (χ2v) is 23.8. The van der Waals surface area contributed by atoms with Gasteiger partial charge in [0.15, 0.2) is 5.78 Å². The number of aliphatic hydroxyl groups excluding tert-OH is 1. The summed E-state index contributed by atoms with van der Waals surface area (Å²) in [5, 5.41) is 8.36. The Labute approximate surface area is 793 Å². The van der Waals surface area contributed by atoms with E-state index in [1.54, 1.807) is 117 Å². The summed E-state index contributed by atoms with van der Waals surface area (Å²) in [5.74, 6) is -3.78. The molecule has 6 radical (unpaired) electrons. The number of carbonyl (C=O) groups is 1. The molecule has 0 bridgehead atoms. The van der Waals surface area contributed by atoms with Crippen molar-refractivity contribution in [3.63, 3.8) is 0 Å². The van der Waals surface area contributed by atoms with Crippen LogP contribution in [0.4, 0.5) is 61.0 Å². The number of para-hydroxylation sites is 2. The molecule has 16 aromatic rings. The number of rotatable bonds is 12. The van der Waals surface area contributed by atoms with Crippen molar-refractivity contribution in [2.45, 2.75) is 13.8 Å². The van der Waals surface area contributed by atoms with Gasteiger partial charge in [0.1, 0.15) is 11.5 Å². The largest absolute Gasteiger partial charge is 0.512 e. The molecule has 7 aromatic heterocycles. The van der Waals surface area contributed by atoms with Crippen molar-refractivity contribution in [3.8, 4) is 79.0 Å². The summed E-state index contributed by atoms with van der Waals surface area (Å²) in [7, 11) is 3.09. The van der Waals surface area contributed by atoms with Crippen molar-refractivity contribution >= 4 is 22.8 Å². The molecule has 16 rings (SSSR count). The number of hydrogen-bond acceptors (Lipinski definition) is 12. The number of halogens is 10. The summed E-state index contributed by atoms with van der Waals surface area (Å²) < 4.78 is 137. The third kappa shape index (κ3) is 39.1. The quantitative estimate of drug-likeness (QED) is 0.0537. The Balaban J connectivity index is 0.000000483. The number of ether oxygens (including phenoxy) is 2. The summed E-state index contributed by atoms with van der Waals surface area (Å²) in [6, 6.07) is 95.9. The van der Waals surface area contributed by atoms with Gasteiger partial charge in [-0.25, -0.2) is 0 Å². The number of benzene rings is 9. The first-order chi connectivity index (χ1) is 57.2. The van der Waals surface area contributed by atoms with Gasteiger partial charge in [0, 0.05) is 252 Å². The van der Waals surface area contributed by atoms with Crippen LogP contribution in [0.2, 0.25) is 0 Å². The maximum atomic E-state index is 13.4. The maximum Gasteiger partial charge on any atom is 0.155 e. The fourth-order valence-electron chi connectivity index (χ4n) is 9.79. The van der Waals surface area contributed by atoms with Gasteiger partial charge < -0.3 is 49.4 Å². The van der Waals surface area contributed by atoms with Crippen molar-refractivity contribution in [2.24, 2.45) is 0 Å². The van der Waals surface area contributed by atoms with Crippen LogP contribution in [0.5, 0.6) is 11.5 Å². The Morgan fingerprint density at radius 3 is 0.952 bits per heavy atom. The number of nitrogens with zero attached hydrogens (tertiary/aromatic N) is 8. The monoisotopic (exact) mass is 2750 g/mol. The summed E-state index contributed by atoms with van der Waals surface area (Å²) >= 11 is 0. The molecular weight excluding hydrogens is 2670 g/mol. The van der Waals surface area contributed by atoms with Crippen molar-refractivity contribution in [2.75, 3.05) is 19.1 Å². The fourth-order valence-corrected chi connectivity index (χ4v) is 9.79. The van der Waals surface area contributed by atoms with Crippen LogP contribution in [0.15, 0.2) is 347 Å². The molecule has 12 nitrogen and oxygen atoms in total. The smallest absolute Gasteiger partial charge is 0.155 e. The van der Waals surface area contributed by atoms with E-state index < -0.39 is 34.9 Å². The number of allylic oxidation sites excluding steroid dienone is 2. The maximum absolute atomic E-state index is 13.4. The van der Waals surface area contributed by atoms with E-state index in [-0.39, 0.29) is 167 Å². The van der Waals surface area contributed by atoms with Crippen molar-refractivity contribution < 1.29 is 184 Å². The zero-order chi connectivity index (χ0) is 84.2. The molecule has 0 amide bonds. The van der Waals surface area contributed by atoms with Crippen molar-refractivity contribution in [3.05, 3.63) is 447 Å². The zero-order valence-corrected chi connectivity index (χ0v) is 79.7. The number of methoxy groups -OCH3 is 2. The van der Waals surface area contributed by atoms with Crippen LogP contribution in [0.3, 0.4) is 0 Å². The molecule has 0 saturated heterocycles. The van der Waals surface area contributed by atoms with Crippen LogP contribution >= 0.6 is 0 Å². The van der Waals surface area contributed by atoms with Crippen LogP contribution in [-0.4, -0.2) is 60.0 Å². The van der Waals surface area contributed by atoms with E-state index in [1.807, 2.05) is 103 Å². The molecule has 28 heteroatoms. The van der Waals surface area contributed by atoms with E-state index in [1.165, 1.54) is 81.8 Å². The van der Waals surface area contributed by atoms with E-state index in [4.69, 9.17) is 14.6 Å². The number of ketones is 1. The van der Waals surface area contributed by atoms with Crippen molar-refractivity contribution in [1.82, 2.24) is 34.9 Å². The normalized spacial score (nSPS) is 9.58. The second kappa shape index (κ2) is 60.4. The van der Waals surface area contributed by atoms with Gasteiger partial charge in [-0.2, -0.15) is 6.07 Å². The standard InChI is InChI=1S/C23H16FN2.C12H8F2NO.C12H9FNO.C11H6F2N.2C11H7FN.C6H3F2.C5H5N.C5H8O2.6Ir/c24-19-13-11-18(12-14-19)23-17-22(15-16-25-23)26(20-7-3-1-4-8-20)21-9-5-2-6-10-21;1-16-9-4-5-15-12(7-9)10-3-2-8(13)6-11(10)14;1-15-11-6-7-14-12(8-11)9-2-4-10(13)5-3-9;12-8-4-5-9(10(13)7-8)11-3-1-2-6-14-11;2*12-10-6-4-9(5-7-10)11-3-1-2-8-13-11;7-5-2-1-3-6(8)4-5;1-2-4-6-5-3-1;1-4(6)3-5(2)7;;;;;;/h1-11,13-17H;2,4-7H,1H3;2,4-8H,1H3;1-4,6-7H;2*1-4,6-8H;2-4H;1-5H;3,6H,1-2H3;;;;;;/q7*-1;;;;;;;;. The van der Waals surface area contributed by atoms with E-state index >= 15 is 0 Å². The SMILES string of the molecule is CC(=O)C=C(C)O.COc1ccnc(-c2[c-]cc(F)cc2)c1.COc1ccnc(-c2[c-]cc(F)cc2F)c1.Fc1c[c-]c(-c2cc(N(c3ccccc3)c3ccccc3)ccn2)cc1.Fc1c[c-]c(-c2ccccn2)c(F)c1.Fc1c[c-]c(-c2ccccn2)cc1.Fc1c[c-]c(-c2ccccn2)cc1.Fc1c[c-]cc(F)c1.[Ir].[Ir].[Ir].[Ir].[Ir].[Ir].c1ccncc1. The summed E-state index contributed by atoms with van der Waals surface area (Å²) in [6.45, 7) is 2.85. The van der Waals surface area contributed by atoms with Gasteiger partial charge in [0.05, 0.1) is 20.0 Å². The van der Waals surface area contributed by atoms with Gasteiger partial charge in [-0.3, -0.25) is 53.7 Å². The minimum Gasteiger partial charge on any atom is -0.512 e. The molecule has 1 N–H and O–H groups in total. The van der Waals surface area contributed by atoms with Gasteiger partial charge in [0.2, 0.25) is 0 Å². The van der Waals surface area contributed by atoms with Crippen molar-refractivity contribution in [1.29, 1.82) is 0 Å². The topological polar surface area (TPSA) is 149 Å².